The molecular formula is C70H77Br2N3O16. The van der Waals surface area contributed by atoms with E-state index in [9.17, 15) is 47.9 Å². The molecule has 0 aromatic heterocycles. The predicted octanol–water partition coefficient (Wildman–Crippen LogP) is 13.9. The summed E-state index contributed by atoms with van der Waals surface area (Å²) < 4.78 is 26.7. The smallest absolute Gasteiger partial charge is 0.411 e. The molecule has 3 atom stereocenters. The van der Waals surface area contributed by atoms with Crippen LogP contribution in [0, 0.1) is 0 Å². The second-order valence-electron chi connectivity index (χ2n) is 25.1. The first-order chi connectivity index (χ1) is 43.0. The molecule has 0 aliphatic carbocycles. The number of benzene rings is 6. The number of aliphatic carboxylic acids is 1. The number of alkyl halides is 2. The van der Waals surface area contributed by atoms with E-state index in [4.69, 9.17) is 28.8 Å². The number of carboxylic acids is 1. The van der Waals surface area contributed by atoms with Gasteiger partial charge in [0.05, 0.1) is 10.7 Å². The van der Waals surface area contributed by atoms with Crippen LogP contribution in [0.2, 0.25) is 0 Å². The zero-order valence-electron chi connectivity index (χ0n) is 52.6. The van der Waals surface area contributed by atoms with Gasteiger partial charge in [-0.1, -0.05) is 153 Å². The van der Waals surface area contributed by atoms with E-state index in [1.165, 1.54) is 14.7 Å². The van der Waals surface area contributed by atoms with Crippen molar-refractivity contribution in [1.29, 1.82) is 0 Å². The number of ketones is 4. The van der Waals surface area contributed by atoms with Gasteiger partial charge < -0.3 is 28.8 Å². The number of carboxylic acid groups (broad SMARTS) is 1. The van der Waals surface area contributed by atoms with Crippen molar-refractivity contribution in [3.63, 3.8) is 0 Å². The van der Waals surface area contributed by atoms with Gasteiger partial charge in [-0.2, -0.15) is 0 Å². The molecule has 0 spiro atoms. The maximum absolute atomic E-state index is 13.4. The lowest BCUT2D eigenvalue weighted by Gasteiger charge is -2.27. The maximum Gasteiger partial charge on any atom is 0.411 e. The predicted molar refractivity (Wildman–Crippen MR) is 351 cm³/mol. The number of ether oxygens (including phenoxy) is 5. The van der Waals surface area contributed by atoms with E-state index in [0.717, 1.165) is 50.4 Å². The fraction of sp³-hybridized carbons (Fsp3) is 0.400. The number of hydrogen-bond acceptors (Lipinski definition) is 15. The lowest BCUT2D eigenvalue weighted by molar-refractivity contribution is -0.148. The van der Waals surface area contributed by atoms with Gasteiger partial charge >= 0.3 is 36.2 Å². The highest BCUT2D eigenvalue weighted by Crippen LogP contribution is 2.34. The SMILES string of the molecule is CC(C)(C)OC(=O)N1CCC[C@H]1C(=O)O.CC(C)(C)OC(=O)N1CCC[C@H]1C(=O)OCC(=O)c1ccc(-c2ccc(C(=O)COC(=O)[C@@H]3CCCN3C(=O)OC(C)(C)C)c3ccccc23)cc1.O=C(CBr)c1ccc(-c2ccc(C(=O)CBr)c3ccccc23)cc1. The van der Waals surface area contributed by atoms with E-state index < -0.39 is 90.1 Å². The van der Waals surface area contributed by atoms with Gasteiger partial charge in [-0.05, 0) is 145 Å². The van der Waals surface area contributed by atoms with Crippen molar-refractivity contribution >= 4 is 113 Å². The first kappa shape index (κ1) is 70.2. The second kappa shape index (κ2) is 30.7. The summed E-state index contributed by atoms with van der Waals surface area (Å²) in [4.78, 5) is 128. The van der Waals surface area contributed by atoms with E-state index in [1.54, 1.807) is 98.7 Å². The molecule has 3 saturated heterocycles. The minimum absolute atomic E-state index is 0.0599. The van der Waals surface area contributed by atoms with Crippen molar-refractivity contribution < 1.29 is 76.7 Å². The van der Waals surface area contributed by atoms with E-state index >= 15 is 0 Å². The summed E-state index contributed by atoms with van der Waals surface area (Å²) in [7, 11) is 0. The molecule has 21 heteroatoms. The molecule has 19 nitrogen and oxygen atoms in total. The third kappa shape index (κ3) is 18.7. The van der Waals surface area contributed by atoms with Gasteiger partial charge in [0.1, 0.15) is 34.9 Å². The van der Waals surface area contributed by atoms with Crippen LogP contribution in [0.1, 0.15) is 142 Å². The van der Waals surface area contributed by atoms with Crippen molar-refractivity contribution in [3.8, 4) is 22.3 Å². The first-order valence-electron chi connectivity index (χ1n) is 30.0. The van der Waals surface area contributed by atoms with Crippen molar-refractivity contribution in [3.05, 3.63) is 144 Å². The number of halogens is 2. The van der Waals surface area contributed by atoms with Gasteiger partial charge in [-0.15, -0.1) is 0 Å². The van der Waals surface area contributed by atoms with Crippen molar-refractivity contribution in [2.75, 3.05) is 43.5 Å². The van der Waals surface area contributed by atoms with Crippen LogP contribution >= 0.6 is 31.9 Å². The van der Waals surface area contributed by atoms with Crippen molar-refractivity contribution in [2.24, 2.45) is 0 Å². The number of nitrogens with zero attached hydrogens (tertiary/aromatic N) is 3. The number of rotatable bonds is 15. The molecule has 0 radical (unpaired) electrons. The molecule has 482 valence electrons. The number of likely N-dealkylation sites (tertiary alicyclic amines) is 3. The Labute approximate surface area is 546 Å². The third-order valence-corrected chi connectivity index (χ3v) is 15.9. The fourth-order valence-corrected chi connectivity index (χ4v) is 11.3. The lowest BCUT2D eigenvalue weighted by atomic mass is 9.93. The Bertz CT molecular complexity index is 3700. The van der Waals surface area contributed by atoms with Gasteiger partial charge in [0.15, 0.2) is 30.6 Å². The monoisotopic (exact) mass is 1370 g/mol. The number of fused-ring (bicyclic) bond motifs is 2. The summed E-state index contributed by atoms with van der Waals surface area (Å²) in [6.07, 6.45) is 1.62. The average Bonchev–Trinajstić information content (AvgIpc) is 1.73. The molecule has 3 heterocycles. The normalized spacial score (nSPS) is 16.4. The Morgan fingerprint density at radius 2 is 0.747 bits per heavy atom. The lowest BCUT2D eigenvalue weighted by Crippen LogP contribution is -2.44. The number of esters is 2. The van der Waals surface area contributed by atoms with Gasteiger partial charge in [0.25, 0.3) is 0 Å². The molecule has 3 fully saturated rings. The molecule has 6 aromatic rings. The molecule has 91 heavy (non-hydrogen) atoms. The van der Waals surface area contributed by atoms with Gasteiger partial charge in [-0.3, -0.25) is 33.9 Å². The Morgan fingerprint density at radius 3 is 1.11 bits per heavy atom. The Morgan fingerprint density at radius 1 is 0.418 bits per heavy atom. The first-order valence-corrected chi connectivity index (χ1v) is 32.3. The second-order valence-corrected chi connectivity index (χ2v) is 26.2. The highest BCUT2D eigenvalue weighted by molar-refractivity contribution is 9.09. The van der Waals surface area contributed by atoms with E-state index in [1.807, 2.05) is 84.9 Å². The fourth-order valence-electron chi connectivity index (χ4n) is 10.7. The Kier molecular flexibility index (Phi) is 23.7. The summed E-state index contributed by atoms with van der Waals surface area (Å²) in [6.45, 7) is 16.0. The van der Waals surface area contributed by atoms with Crippen LogP contribution in [0.5, 0.6) is 0 Å². The van der Waals surface area contributed by atoms with Crippen LogP contribution in [-0.2, 0) is 38.1 Å². The molecule has 3 aliphatic heterocycles. The average molecular weight is 1380 g/mol. The Hall–Kier alpha value is -8.30. The molecule has 0 unspecified atom stereocenters. The van der Waals surface area contributed by atoms with Gasteiger partial charge in [-0.25, -0.2) is 28.8 Å². The van der Waals surface area contributed by atoms with Crippen LogP contribution in [0.4, 0.5) is 14.4 Å². The molecule has 3 aliphatic rings. The topological polar surface area (TPSA) is 247 Å². The summed E-state index contributed by atoms with van der Waals surface area (Å²) in [5, 5.41) is 12.9. The largest absolute Gasteiger partial charge is 0.480 e. The van der Waals surface area contributed by atoms with Gasteiger partial charge in [0, 0.05) is 41.9 Å². The van der Waals surface area contributed by atoms with E-state index in [0.29, 0.717) is 84.5 Å². The van der Waals surface area contributed by atoms with E-state index in [-0.39, 0.29) is 17.3 Å². The van der Waals surface area contributed by atoms with Crippen molar-refractivity contribution in [2.45, 2.75) is 136 Å². The van der Waals surface area contributed by atoms with Crippen LogP contribution in [-0.4, -0.2) is 158 Å². The molecule has 3 amide bonds. The number of Topliss-reactive ketones (excluding diaryl/α,β-unsaturated/α-hetero) is 4. The standard InChI is InChI=1S/C40H46N2O10.C20H14Br2O2.C10H17NO4/c1-39(2,3)51-37(47)41-21-9-13-31(41)35(45)49-23-33(43)26-17-15-25(16-18-26)27-19-20-30(29-12-8-7-11-28(27)29)34(44)24-50-36(46)32-14-10-22-42(32)38(48)52-40(4,5)6;21-11-19(23)14-7-5-13(6-8-14)15-9-10-18(20(24)12-22)17-4-2-1-3-16(15)17;1-10(2,3)15-9(14)11-6-4-5-7(11)8(12)13/h7-8,11-12,15-20,31-32H,9-10,13-14,21-24H2,1-6H3;1-10H,11-12H2;7H,4-6H2,1-3H3,(H,12,13)/t31-,32-;;7-/m0.0/s1. The molecule has 1 N–H and O–H groups in total. The Balaban J connectivity index is 0.000000245. The van der Waals surface area contributed by atoms with Crippen LogP contribution in [0.3, 0.4) is 0 Å². The van der Waals surface area contributed by atoms with Crippen molar-refractivity contribution in [1.82, 2.24) is 14.7 Å². The summed E-state index contributed by atoms with van der Waals surface area (Å²) in [5.41, 5.74) is 3.81. The molecule has 0 bridgehead atoms. The molecule has 9 rings (SSSR count). The van der Waals surface area contributed by atoms with Crippen LogP contribution in [0.25, 0.3) is 43.8 Å². The van der Waals surface area contributed by atoms with Crippen LogP contribution in [0.15, 0.2) is 121 Å². The number of carbonyl (C=O) groups excluding carboxylic acids is 9. The molecule has 6 aromatic carbocycles. The minimum Gasteiger partial charge on any atom is -0.480 e. The summed E-state index contributed by atoms with van der Waals surface area (Å²) >= 11 is 6.43. The number of hydrogen-bond donors (Lipinski definition) is 1. The highest BCUT2D eigenvalue weighted by atomic mass is 79.9. The van der Waals surface area contributed by atoms with E-state index in [2.05, 4.69) is 31.9 Å². The minimum atomic E-state index is -0.960. The molecule has 0 saturated carbocycles. The quantitative estimate of drug-likeness (QED) is 0.0434. The zero-order chi connectivity index (χ0) is 66.5. The molecular weight excluding hydrogens is 1300 g/mol. The van der Waals surface area contributed by atoms with Gasteiger partial charge in [0.2, 0.25) is 5.78 Å². The van der Waals surface area contributed by atoms with Crippen LogP contribution < -0.4 is 0 Å². The summed E-state index contributed by atoms with van der Waals surface area (Å²) in [5.74, 6) is -2.91. The third-order valence-electron chi connectivity index (χ3n) is 14.9. The maximum atomic E-state index is 13.4. The number of amides is 3. The number of carbonyl (C=O) groups is 10. The summed E-state index contributed by atoms with van der Waals surface area (Å²) in [6, 6.07) is 34.7. The zero-order valence-corrected chi connectivity index (χ0v) is 55.8. The highest BCUT2D eigenvalue weighted by Gasteiger charge is 2.40.